The first-order valence-electron chi connectivity index (χ1n) is 13.7. The Balaban J connectivity index is 1.65. The number of carbonyl (C=O) groups excluding carboxylic acids is 1. The van der Waals surface area contributed by atoms with E-state index in [2.05, 4.69) is 34.6 Å². The van der Waals surface area contributed by atoms with Gasteiger partial charge in [0.05, 0.1) is 17.3 Å². The molecule has 0 bridgehead atoms. The molecule has 3 N–H and O–H groups in total. The molecule has 9 atom stereocenters. The first-order valence-corrected chi connectivity index (χ1v) is 13.7. The van der Waals surface area contributed by atoms with E-state index in [4.69, 9.17) is 0 Å². The van der Waals surface area contributed by atoms with E-state index in [1.807, 2.05) is 13.0 Å². The SMILES string of the molecule is CC(C)(O)/C=C/C[C@](C)(O)[C@@H]1[C@@H](O)C[C@]2(C)[C@H]3CC[C@H]4C(C)(C)C(=O)CC[C@]4(C)[C@@H]3CC[C@]12C. The molecule has 0 radical (unpaired) electrons. The predicted molar refractivity (Wildman–Crippen MR) is 136 cm³/mol. The van der Waals surface area contributed by atoms with E-state index in [1.54, 1.807) is 19.9 Å². The van der Waals surface area contributed by atoms with Gasteiger partial charge in [-0.15, -0.1) is 0 Å². The van der Waals surface area contributed by atoms with Crippen molar-refractivity contribution in [2.75, 3.05) is 0 Å². The van der Waals surface area contributed by atoms with Crippen molar-refractivity contribution in [2.24, 2.45) is 45.3 Å². The zero-order chi connectivity index (χ0) is 25.5. The van der Waals surface area contributed by atoms with Crippen LogP contribution in [0.3, 0.4) is 0 Å². The Labute approximate surface area is 207 Å². The quantitative estimate of drug-likeness (QED) is 0.458. The molecule has 4 aliphatic rings. The van der Waals surface area contributed by atoms with Gasteiger partial charge in [-0.1, -0.05) is 46.8 Å². The molecule has 0 aliphatic heterocycles. The Morgan fingerprint density at radius 1 is 0.941 bits per heavy atom. The molecule has 0 aromatic carbocycles. The van der Waals surface area contributed by atoms with E-state index < -0.39 is 17.3 Å². The monoisotopic (exact) mass is 474 g/mol. The number of hydrogen-bond donors (Lipinski definition) is 3. The number of aliphatic hydroxyl groups is 3. The summed E-state index contributed by atoms with van der Waals surface area (Å²) in [6, 6.07) is 0. The van der Waals surface area contributed by atoms with Gasteiger partial charge in [0.2, 0.25) is 0 Å². The molecule has 194 valence electrons. The van der Waals surface area contributed by atoms with Gasteiger partial charge in [0.25, 0.3) is 0 Å². The van der Waals surface area contributed by atoms with Crippen LogP contribution < -0.4 is 0 Å². The van der Waals surface area contributed by atoms with E-state index in [1.165, 1.54) is 0 Å². The fourth-order valence-corrected chi connectivity index (χ4v) is 10.2. The van der Waals surface area contributed by atoms with Gasteiger partial charge < -0.3 is 15.3 Å². The van der Waals surface area contributed by atoms with Crippen molar-refractivity contribution in [3.8, 4) is 0 Å². The number of hydrogen-bond acceptors (Lipinski definition) is 4. The fraction of sp³-hybridized carbons (Fsp3) is 0.900. The topological polar surface area (TPSA) is 77.8 Å². The van der Waals surface area contributed by atoms with Crippen LogP contribution in [0.1, 0.15) is 107 Å². The van der Waals surface area contributed by atoms with E-state index in [0.29, 0.717) is 36.4 Å². The highest BCUT2D eigenvalue weighted by atomic mass is 16.3. The Hall–Kier alpha value is -0.710. The van der Waals surface area contributed by atoms with Gasteiger partial charge in [-0.05, 0) is 99.7 Å². The van der Waals surface area contributed by atoms with Crippen LogP contribution >= 0.6 is 0 Å². The molecule has 4 fully saturated rings. The number of Topliss-reactive ketones (excluding diaryl/α,β-unsaturated/α-hetero) is 1. The molecule has 0 spiro atoms. The zero-order valence-corrected chi connectivity index (χ0v) is 22.9. The number of ketones is 1. The minimum absolute atomic E-state index is 0.0382. The van der Waals surface area contributed by atoms with Gasteiger partial charge in [-0.2, -0.15) is 0 Å². The second-order valence-electron chi connectivity index (χ2n) is 14.7. The highest BCUT2D eigenvalue weighted by Gasteiger charge is 2.70. The van der Waals surface area contributed by atoms with Crippen molar-refractivity contribution in [3.63, 3.8) is 0 Å². The van der Waals surface area contributed by atoms with Crippen LogP contribution in [-0.2, 0) is 4.79 Å². The summed E-state index contributed by atoms with van der Waals surface area (Å²) in [6.07, 6.45) is 10.3. The fourth-order valence-electron chi connectivity index (χ4n) is 10.2. The lowest BCUT2D eigenvalue weighted by molar-refractivity contribution is -0.192. The molecule has 0 heterocycles. The summed E-state index contributed by atoms with van der Waals surface area (Å²) >= 11 is 0. The molecule has 4 heteroatoms. The number of aliphatic hydroxyl groups excluding tert-OH is 1. The Kier molecular flexibility index (Phi) is 6.12. The summed E-state index contributed by atoms with van der Waals surface area (Å²) in [6.45, 7) is 16.9. The average molecular weight is 475 g/mol. The van der Waals surface area contributed by atoms with Crippen molar-refractivity contribution in [3.05, 3.63) is 12.2 Å². The highest BCUT2D eigenvalue weighted by molar-refractivity contribution is 5.85. The van der Waals surface area contributed by atoms with Gasteiger partial charge >= 0.3 is 0 Å². The Morgan fingerprint density at radius 2 is 1.59 bits per heavy atom. The van der Waals surface area contributed by atoms with Gasteiger partial charge in [0.15, 0.2) is 0 Å². The van der Waals surface area contributed by atoms with Crippen molar-refractivity contribution < 1.29 is 20.1 Å². The molecule has 4 aliphatic carbocycles. The van der Waals surface area contributed by atoms with Crippen LogP contribution in [0.15, 0.2) is 12.2 Å². The van der Waals surface area contributed by atoms with Crippen LogP contribution in [0, 0.1) is 45.3 Å². The van der Waals surface area contributed by atoms with Crippen molar-refractivity contribution in [1.82, 2.24) is 0 Å². The van der Waals surface area contributed by atoms with Crippen LogP contribution in [-0.4, -0.2) is 38.4 Å². The Bertz CT molecular complexity index is 850. The van der Waals surface area contributed by atoms with E-state index in [9.17, 15) is 20.1 Å². The maximum Gasteiger partial charge on any atom is 0.138 e. The van der Waals surface area contributed by atoms with Crippen LogP contribution in [0.2, 0.25) is 0 Å². The molecule has 0 amide bonds. The molecule has 4 saturated carbocycles. The lowest BCUT2D eigenvalue weighted by atomic mass is 9.38. The number of rotatable bonds is 4. The normalized spacial score (nSPS) is 48.2. The lowest BCUT2D eigenvalue weighted by Crippen LogP contribution is -2.61. The molecular weight excluding hydrogens is 424 g/mol. The van der Waals surface area contributed by atoms with Crippen LogP contribution in [0.4, 0.5) is 0 Å². The van der Waals surface area contributed by atoms with E-state index in [-0.39, 0.29) is 27.6 Å². The van der Waals surface area contributed by atoms with Gasteiger partial charge in [-0.3, -0.25) is 4.79 Å². The maximum atomic E-state index is 12.8. The van der Waals surface area contributed by atoms with Crippen molar-refractivity contribution in [1.29, 1.82) is 0 Å². The molecule has 4 nitrogen and oxygen atoms in total. The molecule has 0 saturated heterocycles. The van der Waals surface area contributed by atoms with E-state index in [0.717, 1.165) is 38.5 Å². The largest absolute Gasteiger partial charge is 0.393 e. The summed E-state index contributed by atoms with van der Waals surface area (Å²) < 4.78 is 0. The maximum absolute atomic E-state index is 12.8. The minimum Gasteiger partial charge on any atom is -0.393 e. The summed E-state index contributed by atoms with van der Waals surface area (Å²) in [5, 5.41) is 33.2. The summed E-state index contributed by atoms with van der Waals surface area (Å²) in [4.78, 5) is 12.8. The highest BCUT2D eigenvalue weighted by Crippen LogP contribution is 2.74. The third-order valence-electron chi connectivity index (χ3n) is 11.9. The molecule has 0 unspecified atom stereocenters. The smallest absolute Gasteiger partial charge is 0.138 e. The van der Waals surface area contributed by atoms with Gasteiger partial charge in [-0.25, -0.2) is 0 Å². The van der Waals surface area contributed by atoms with E-state index >= 15 is 0 Å². The zero-order valence-electron chi connectivity index (χ0n) is 22.9. The van der Waals surface area contributed by atoms with Crippen molar-refractivity contribution >= 4 is 5.78 Å². The molecular formula is C30H50O4. The second kappa shape index (κ2) is 7.89. The molecule has 34 heavy (non-hydrogen) atoms. The molecule has 0 aromatic heterocycles. The van der Waals surface area contributed by atoms with Crippen LogP contribution in [0.25, 0.3) is 0 Å². The minimum atomic E-state index is -1.04. The third-order valence-corrected chi connectivity index (χ3v) is 11.9. The summed E-state index contributed by atoms with van der Waals surface area (Å²) in [5.41, 5.74) is -2.21. The lowest BCUT2D eigenvalue weighted by Gasteiger charge is -2.66. The van der Waals surface area contributed by atoms with Crippen LogP contribution in [0.5, 0.6) is 0 Å². The standard InChI is InChI=1S/C30H50O4/c1-25(2,33)14-9-15-30(8,34)24-21(31)18-29(7)20-10-11-22-26(3,4)23(32)13-16-27(22,5)19(20)12-17-28(24,29)6/h9,14,19-22,24,31,33-34H,10-13,15-18H2,1-8H3/b14-9+/t19-,20+,21+,22+,24-,27-,28-,29-,30+/m1/s1. The first-order chi connectivity index (χ1) is 15.4. The first kappa shape index (κ1) is 26.4. The van der Waals surface area contributed by atoms with Crippen molar-refractivity contribution in [2.45, 2.75) is 124 Å². The molecule has 0 aromatic rings. The predicted octanol–water partition coefficient (Wildman–Crippen LogP) is 5.68. The summed E-state index contributed by atoms with van der Waals surface area (Å²) in [7, 11) is 0. The Morgan fingerprint density at radius 3 is 2.21 bits per heavy atom. The van der Waals surface area contributed by atoms with Gasteiger partial charge in [0.1, 0.15) is 5.78 Å². The third kappa shape index (κ3) is 3.68. The average Bonchev–Trinajstić information content (AvgIpc) is 2.89. The second-order valence-corrected chi connectivity index (χ2v) is 14.7. The summed E-state index contributed by atoms with van der Waals surface area (Å²) in [5.74, 6) is 1.76. The number of fused-ring (bicyclic) bond motifs is 5. The van der Waals surface area contributed by atoms with Gasteiger partial charge in [0, 0.05) is 17.8 Å². The molecule has 4 rings (SSSR count). The number of carbonyl (C=O) groups is 1.